The lowest BCUT2D eigenvalue weighted by molar-refractivity contribution is -0.0498. The summed E-state index contributed by atoms with van der Waals surface area (Å²) in [5.74, 6) is 0.152. The maximum absolute atomic E-state index is 11.8. The second-order valence-electron chi connectivity index (χ2n) is 2.85. The standard InChI is InChI=1S/C9H11F2NO/c1-5-3-7(13-9(10)11)4-6(2)8(5)12/h3-4,9H,12H2,1-2H3. The highest BCUT2D eigenvalue weighted by Gasteiger charge is 2.07. The van der Waals surface area contributed by atoms with E-state index >= 15 is 0 Å². The molecule has 0 bridgehead atoms. The van der Waals surface area contributed by atoms with E-state index in [2.05, 4.69) is 4.74 Å². The molecule has 0 amide bonds. The molecule has 0 saturated carbocycles. The Bertz CT molecular complexity index is 289. The fourth-order valence-electron chi connectivity index (χ4n) is 1.11. The molecule has 72 valence electrons. The minimum Gasteiger partial charge on any atom is -0.435 e. The third-order valence-corrected chi connectivity index (χ3v) is 1.79. The van der Waals surface area contributed by atoms with Crippen molar-refractivity contribution in [2.75, 3.05) is 5.73 Å². The van der Waals surface area contributed by atoms with Crippen LogP contribution in [0.1, 0.15) is 11.1 Å². The van der Waals surface area contributed by atoms with Crippen LogP contribution in [-0.2, 0) is 0 Å². The molecule has 0 atom stereocenters. The number of nitrogens with two attached hydrogens (primary N) is 1. The van der Waals surface area contributed by atoms with Crippen LogP contribution in [0.5, 0.6) is 5.75 Å². The largest absolute Gasteiger partial charge is 0.435 e. The molecule has 0 radical (unpaired) electrons. The molecule has 2 N–H and O–H groups in total. The Morgan fingerprint density at radius 1 is 1.23 bits per heavy atom. The topological polar surface area (TPSA) is 35.2 Å². The van der Waals surface area contributed by atoms with Crippen molar-refractivity contribution in [1.29, 1.82) is 0 Å². The van der Waals surface area contributed by atoms with Crippen LogP contribution in [0.25, 0.3) is 0 Å². The molecule has 0 saturated heterocycles. The van der Waals surface area contributed by atoms with Gasteiger partial charge in [0.1, 0.15) is 5.75 Å². The van der Waals surface area contributed by atoms with E-state index in [0.29, 0.717) is 5.69 Å². The number of anilines is 1. The molecule has 0 aliphatic heterocycles. The van der Waals surface area contributed by atoms with E-state index in [-0.39, 0.29) is 5.75 Å². The molecule has 1 aromatic rings. The Morgan fingerprint density at radius 2 is 1.69 bits per heavy atom. The molecule has 0 aliphatic rings. The molecule has 0 fully saturated rings. The van der Waals surface area contributed by atoms with Gasteiger partial charge in [0, 0.05) is 5.69 Å². The third kappa shape index (κ3) is 2.31. The Balaban J connectivity index is 2.99. The molecule has 0 unspecified atom stereocenters. The fourth-order valence-corrected chi connectivity index (χ4v) is 1.11. The van der Waals surface area contributed by atoms with Crippen molar-refractivity contribution in [3.63, 3.8) is 0 Å². The Labute approximate surface area is 75.3 Å². The van der Waals surface area contributed by atoms with Crippen LogP contribution in [0.2, 0.25) is 0 Å². The molecule has 4 heteroatoms. The molecule has 0 spiro atoms. The number of hydrogen-bond acceptors (Lipinski definition) is 2. The van der Waals surface area contributed by atoms with Crippen molar-refractivity contribution in [3.8, 4) is 5.75 Å². The predicted molar refractivity (Wildman–Crippen MR) is 47.0 cm³/mol. The summed E-state index contributed by atoms with van der Waals surface area (Å²) in [6.07, 6.45) is 0. The Hall–Kier alpha value is -1.32. The van der Waals surface area contributed by atoms with E-state index in [0.717, 1.165) is 11.1 Å². The normalized spacial score (nSPS) is 10.5. The lowest BCUT2D eigenvalue weighted by atomic mass is 10.1. The average Bonchev–Trinajstić information content (AvgIpc) is 1.98. The minimum absolute atomic E-state index is 0.152. The first-order valence-corrected chi connectivity index (χ1v) is 3.82. The number of nitrogen functional groups attached to an aromatic ring is 1. The summed E-state index contributed by atoms with van der Waals surface area (Å²) in [7, 11) is 0. The van der Waals surface area contributed by atoms with Gasteiger partial charge >= 0.3 is 6.61 Å². The molecular weight excluding hydrogens is 176 g/mol. The Morgan fingerprint density at radius 3 is 2.08 bits per heavy atom. The fraction of sp³-hybridized carbons (Fsp3) is 0.333. The van der Waals surface area contributed by atoms with Crippen molar-refractivity contribution < 1.29 is 13.5 Å². The first-order valence-electron chi connectivity index (χ1n) is 3.82. The molecule has 0 heterocycles. The predicted octanol–water partition coefficient (Wildman–Crippen LogP) is 2.49. The van der Waals surface area contributed by atoms with Gasteiger partial charge in [0.25, 0.3) is 0 Å². The van der Waals surface area contributed by atoms with Gasteiger partial charge in [-0.25, -0.2) is 0 Å². The maximum Gasteiger partial charge on any atom is 0.387 e. The second-order valence-corrected chi connectivity index (χ2v) is 2.85. The van der Waals surface area contributed by atoms with Crippen LogP contribution in [-0.4, -0.2) is 6.61 Å². The highest BCUT2D eigenvalue weighted by atomic mass is 19.3. The van der Waals surface area contributed by atoms with Crippen LogP contribution < -0.4 is 10.5 Å². The summed E-state index contributed by atoms with van der Waals surface area (Å²) in [4.78, 5) is 0. The first kappa shape index (κ1) is 9.77. The number of rotatable bonds is 2. The summed E-state index contributed by atoms with van der Waals surface area (Å²) in [6, 6.07) is 2.99. The van der Waals surface area contributed by atoms with Gasteiger partial charge in [0.2, 0.25) is 0 Å². The second kappa shape index (κ2) is 3.60. The van der Waals surface area contributed by atoms with Gasteiger partial charge in [-0.2, -0.15) is 8.78 Å². The summed E-state index contributed by atoms with van der Waals surface area (Å²) in [5, 5.41) is 0. The van der Waals surface area contributed by atoms with Crippen molar-refractivity contribution in [2.45, 2.75) is 20.5 Å². The zero-order valence-electron chi connectivity index (χ0n) is 7.47. The minimum atomic E-state index is -2.79. The molecule has 0 aliphatic carbocycles. The van der Waals surface area contributed by atoms with Gasteiger partial charge < -0.3 is 10.5 Å². The van der Waals surface area contributed by atoms with Gasteiger partial charge in [0.15, 0.2) is 0 Å². The van der Waals surface area contributed by atoms with E-state index in [1.165, 1.54) is 12.1 Å². The van der Waals surface area contributed by atoms with Gasteiger partial charge in [-0.05, 0) is 37.1 Å². The summed E-state index contributed by atoms with van der Waals surface area (Å²) in [5.41, 5.74) is 7.74. The van der Waals surface area contributed by atoms with E-state index in [9.17, 15) is 8.78 Å². The number of hydrogen-bond donors (Lipinski definition) is 1. The van der Waals surface area contributed by atoms with Gasteiger partial charge in [-0.15, -0.1) is 0 Å². The van der Waals surface area contributed by atoms with Gasteiger partial charge in [0.05, 0.1) is 0 Å². The zero-order chi connectivity index (χ0) is 10.0. The van der Waals surface area contributed by atoms with Crippen molar-refractivity contribution >= 4 is 5.69 Å². The lowest BCUT2D eigenvalue weighted by Gasteiger charge is -2.09. The number of aryl methyl sites for hydroxylation is 2. The highest BCUT2D eigenvalue weighted by molar-refractivity contribution is 5.55. The van der Waals surface area contributed by atoms with Crippen LogP contribution in [0, 0.1) is 13.8 Å². The van der Waals surface area contributed by atoms with Crippen LogP contribution >= 0.6 is 0 Å². The molecule has 1 aromatic carbocycles. The van der Waals surface area contributed by atoms with Crippen LogP contribution in [0.4, 0.5) is 14.5 Å². The Kier molecular flexibility index (Phi) is 2.70. The van der Waals surface area contributed by atoms with Gasteiger partial charge in [-0.3, -0.25) is 0 Å². The zero-order valence-corrected chi connectivity index (χ0v) is 7.47. The maximum atomic E-state index is 11.8. The number of ether oxygens (including phenoxy) is 1. The molecule has 2 nitrogen and oxygen atoms in total. The molecule has 1 rings (SSSR count). The summed E-state index contributed by atoms with van der Waals surface area (Å²) >= 11 is 0. The van der Waals surface area contributed by atoms with E-state index in [1.807, 2.05) is 0 Å². The van der Waals surface area contributed by atoms with E-state index in [1.54, 1.807) is 13.8 Å². The van der Waals surface area contributed by atoms with Crippen LogP contribution in [0.3, 0.4) is 0 Å². The SMILES string of the molecule is Cc1cc(OC(F)F)cc(C)c1N. The highest BCUT2D eigenvalue weighted by Crippen LogP contribution is 2.24. The quantitative estimate of drug-likeness (QED) is 0.722. The summed E-state index contributed by atoms with van der Waals surface area (Å²) < 4.78 is 27.9. The number of halogens is 2. The van der Waals surface area contributed by atoms with Gasteiger partial charge in [-0.1, -0.05) is 0 Å². The number of benzene rings is 1. The van der Waals surface area contributed by atoms with E-state index in [4.69, 9.17) is 5.73 Å². The smallest absolute Gasteiger partial charge is 0.387 e. The third-order valence-electron chi connectivity index (χ3n) is 1.79. The number of alkyl halides is 2. The van der Waals surface area contributed by atoms with E-state index < -0.39 is 6.61 Å². The first-order chi connectivity index (χ1) is 6.00. The summed E-state index contributed by atoms with van der Waals surface area (Å²) in [6.45, 7) is 0.712. The lowest BCUT2D eigenvalue weighted by Crippen LogP contribution is -2.03. The monoisotopic (exact) mass is 187 g/mol. The average molecular weight is 187 g/mol. The van der Waals surface area contributed by atoms with Crippen LogP contribution in [0.15, 0.2) is 12.1 Å². The van der Waals surface area contributed by atoms with Crippen molar-refractivity contribution in [3.05, 3.63) is 23.3 Å². The molecule has 13 heavy (non-hydrogen) atoms. The molecule has 0 aromatic heterocycles. The van der Waals surface area contributed by atoms with Crippen molar-refractivity contribution in [1.82, 2.24) is 0 Å². The molecular formula is C9H11F2NO. The van der Waals surface area contributed by atoms with Crippen molar-refractivity contribution in [2.24, 2.45) is 0 Å².